The first-order valence-electron chi connectivity index (χ1n) is 9.23. The van der Waals surface area contributed by atoms with Crippen LogP contribution in [0.4, 0.5) is 0 Å². The Balaban J connectivity index is 1.54. The monoisotopic (exact) mass is 452 g/mol. The first kappa shape index (κ1) is 20.8. The number of furan rings is 1. The molecule has 0 aliphatic carbocycles. The van der Waals surface area contributed by atoms with E-state index in [9.17, 15) is 4.79 Å². The Labute approximate surface area is 187 Å². The number of aromatic nitrogens is 4. The van der Waals surface area contributed by atoms with Gasteiger partial charge in [0.05, 0.1) is 12.0 Å². The van der Waals surface area contributed by atoms with E-state index in [4.69, 9.17) is 16.0 Å². The van der Waals surface area contributed by atoms with E-state index in [-0.39, 0.29) is 11.7 Å². The number of rotatable bonds is 7. The zero-order chi connectivity index (χ0) is 21.6. The number of hydrazone groups is 1. The molecule has 4 aromatic rings. The number of halogens is 1. The summed E-state index contributed by atoms with van der Waals surface area (Å²) in [5, 5.41) is 13.9. The molecule has 0 fully saturated rings. The minimum atomic E-state index is -0.271. The number of nitrogens with zero attached hydrogens (tertiary/aromatic N) is 5. The molecule has 10 heteroatoms. The molecule has 3 heterocycles. The summed E-state index contributed by atoms with van der Waals surface area (Å²) in [6, 6.07) is 14.6. The average Bonchev–Trinajstić information content (AvgIpc) is 3.48. The molecule has 31 heavy (non-hydrogen) atoms. The Morgan fingerprint density at radius 2 is 1.94 bits per heavy atom. The molecule has 0 aliphatic heterocycles. The molecule has 0 unspecified atom stereocenters. The van der Waals surface area contributed by atoms with E-state index >= 15 is 0 Å². The molecule has 0 aliphatic rings. The van der Waals surface area contributed by atoms with Gasteiger partial charge in [-0.3, -0.25) is 14.3 Å². The van der Waals surface area contributed by atoms with E-state index in [1.807, 2.05) is 28.8 Å². The molecule has 4 rings (SSSR count). The molecule has 8 nitrogen and oxygen atoms in total. The third-order valence-electron chi connectivity index (χ3n) is 4.22. The smallest absolute Gasteiger partial charge is 0.250 e. The van der Waals surface area contributed by atoms with Gasteiger partial charge < -0.3 is 4.42 Å². The molecular weight excluding hydrogens is 436 g/mol. The van der Waals surface area contributed by atoms with Crippen LogP contribution in [0.15, 0.2) is 81.9 Å². The van der Waals surface area contributed by atoms with Crippen molar-refractivity contribution in [1.82, 2.24) is 25.2 Å². The largest absolute Gasteiger partial charge is 0.463 e. The van der Waals surface area contributed by atoms with Gasteiger partial charge in [-0.1, -0.05) is 23.4 Å². The second kappa shape index (κ2) is 9.59. The van der Waals surface area contributed by atoms with Crippen LogP contribution < -0.4 is 5.43 Å². The number of pyridine rings is 1. The zero-order valence-electron chi connectivity index (χ0n) is 16.4. The van der Waals surface area contributed by atoms with E-state index in [0.717, 1.165) is 11.3 Å². The number of amides is 1. The van der Waals surface area contributed by atoms with Gasteiger partial charge in [0.25, 0.3) is 5.91 Å². The highest BCUT2D eigenvalue weighted by Gasteiger charge is 2.17. The molecule has 3 aromatic heterocycles. The van der Waals surface area contributed by atoms with Gasteiger partial charge in [0, 0.05) is 28.7 Å². The summed E-state index contributed by atoms with van der Waals surface area (Å²) in [5.41, 5.74) is 4.79. The van der Waals surface area contributed by atoms with Crippen LogP contribution in [-0.4, -0.2) is 37.1 Å². The van der Waals surface area contributed by atoms with E-state index in [1.165, 1.54) is 11.8 Å². The van der Waals surface area contributed by atoms with E-state index in [2.05, 4.69) is 25.7 Å². The molecule has 0 saturated heterocycles. The van der Waals surface area contributed by atoms with Crippen molar-refractivity contribution >= 4 is 35.0 Å². The van der Waals surface area contributed by atoms with Crippen molar-refractivity contribution in [1.29, 1.82) is 0 Å². The third-order valence-corrected chi connectivity index (χ3v) is 5.40. The van der Waals surface area contributed by atoms with Crippen molar-refractivity contribution in [3.05, 3.63) is 78.0 Å². The molecule has 0 atom stereocenters. The van der Waals surface area contributed by atoms with E-state index in [0.29, 0.717) is 27.5 Å². The van der Waals surface area contributed by atoms with E-state index in [1.54, 1.807) is 49.8 Å². The van der Waals surface area contributed by atoms with Crippen LogP contribution in [0.2, 0.25) is 5.02 Å². The van der Waals surface area contributed by atoms with Crippen molar-refractivity contribution in [2.75, 3.05) is 5.75 Å². The summed E-state index contributed by atoms with van der Waals surface area (Å²) < 4.78 is 7.13. The Morgan fingerprint density at radius 3 is 2.65 bits per heavy atom. The summed E-state index contributed by atoms with van der Waals surface area (Å²) in [5.74, 6) is 1.07. The molecule has 0 spiro atoms. The zero-order valence-corrected chi connectivity index (χ0v) is 18.0. The fraction of sp³-hybridized carbons (Fsp3) is 0.0952. The van der Waals surface area contributed by atoms with Crippen LogP contribution in [-0.2, 0) is 4.79 Å². The lowest BCUT2D eigenvalue weighted by atomic mass is 10.2. The molecule has 1 aromatic carbocycles. The Kier molecular flexibility index (Phi) is 6.44. The van der Waals surface area contributed by atoms with E-state index < -0.39 is 0 Å². The molecule has 0 radical (unpaired) electrons. The number of nitrogens with one attached hydrogen (secondary N) is 1. The first-order chi connectivity index (χ1) is 15.1. The van der Waals surface area contributed by atoms with Crippen LogP contribution in [0.3, 0.4) is 0 Å². The van der Waals surface area contributed by atoms with Crippen molar-refractivity contribution in [3.8, 4) is 17.1 Å². The maximum atomic E-state index is 12.3. The van der Waals surface area contributed by atoms with Crippen LogP contribution in [0.5, 0.6) is 0 Å². The fourth-order valence-electron chi connectivity index (χ4n) is 2.72. The predicted molar refractivity (Wildman–Crippen MR) is 119 cm³/mol. The second-order valence-corrected chi connectivity index (χ2v) is 7.73. The lowest BCUT2D eigenvalue weighted by molar-refractivity contribution is -0.118. The molecular formula is C21H17ClN6O2S. The summed E-state index contributed by atoms with van der Waals surface area (Å²) >= 11 is 7.30. The van der Waals surface area contributed by atoms with Gasteiger partial charge in [0.1, 0.15) is 11.5 Å². The fourth-order valence-corrected chi connectivity index (χ4v) is 3.59. The SMILES string of the molecule is CC(=NNC(=O)CSc1nnc(-c2ccncc2)n1-c1ccc(Cl)cc1)c1ccco1. The molecule has 0 bridgehead atoms. The van der Waals surface area contributed by atoms with Gasteiger partial charge in [-0.25, -0.2) is 5.43 Å². The van der Waals surface area contributed by atoms with Crippen LogP contribution in [0.1, 0.15) is 12.7 Å². The van der Waals surface area contributed by atoms with Gasteiger partial charge >= 0.3 is 0 Å². The van der Waals surface area contributed by atoms with Crippen LogP contribution in [0.25, 0.3) is 17.1 Å². The minimum absolute atomic E-state index is 0.108. The number of carbonyl (C=O) groups is 1. The number of hydrogen-bond donors (Lipinski definition) is 1. The summed E-state index contributed by atoms with van der Waals surface area (Å²) in [7, 11) is 0. The first-order valence-corrected chi connectivity index (χ1v) is 10.6. The maximum Gasteiger partial charge on any atom is 0.250 e. The number of carbonyl (C=O) groups excluding carboxylic acids is 1. The maximum absolute atomic E-state index is 12.3. The predicted octanol–water partition coefficient (Wildman–Crippen LogP) is 4.21. The normalized spacial score (nSPS) is 11.5. The molecule has 1 N–H and O–H groups in total. The quantitative estimate of drug-likeness (QED) is 0.256. The minimum Gasteiger partial charge on any atom is -0.463 e. The van der Waals surface area contributed by atoms with Gasteiger partial charge in [-0.15, -0.1) is 10.2 Å². The Bertz CT molecular complexity index is 1190. The van der Waals surface area contributed by atoms with Crippen molar-refractivity contribution < 1.29 is 9.21 Å². The van der Waals surface area contributed by atoms with Gasteiger partial charge in [-0.05, 0) is 55.5 Å². The van der Waals surface area contributed by atoms with Crippen molar-refractivity contribution in [2.24, 2.45) is 5.10 Å². The Hall–Kier alpha value is -3.43. The number of hydrogen-bond acceptors (Lipinski definition) is 7. The molecule has 1 amide bonds. The van der Waals surface area contributed by atoms with Gasteiger partial charge in [-0.2, -0.15) is 5.10 Å². The highest BCUT2D eigenvalue weighted by molar-refractivity contribution is 7.99. The van der Waals surface area contributed by atoms with Gasteiger partial charge in [0.2, 0.25) is 0 Å². The van der Waals surface area contributed by atoms with Crippen LogP contribution in [0, 0.1) is 0 Å². The highest BCUT2D eigenvalue weighted by Crippen LogP contribution is 2.28. The lowest BCUT2D eigenvalue weighted by Gasteiger charge is -2.10. The Morgan fingerprint density at radius 1 is 1.16 bits per heavy atom. The average molecular weight is 453 g/mol. The van der Waals surface area contributed by atoms with Crippen molar-refractivity contribution in [3.63, 3.8) is 0 Å². The summed E-state index contributed by atoms with van der Waals surface area (Å²) in [6.07, 6.45) is 4.93. The van der Waals surface area contributed by atoms with Crippen molar-refractivity contribution in [2.45, 2.75) is 12.1 Å². The third kappa shape index (κ3) is 5.01. The number of thioether (sulfide) groups is 1. The topological polar surface area (TPSA) is 98.2 Å². The lowest BCUT2D eigenvalue weighted by Crippen LogP contribution is -2.21. The molecule has 156 valence electrons. The summed E-state index contributed by atoms with van der Waals surface area (Å²) in [6.45, 7) is 1.75. The molecule has 0 saturated carbocycles. The van der Waals surface area contributed by atoms with Gasteiger partial charge in [0.15, 0.2) is 11.0 Å². The number of benzene rings is 1. The standard InChI is InChI=1S/C21H17ClN6O2S/c1-14(18-3-2-12-30-18)24-25-19(29)13-31-21-27-26-20(15-8-10-23-11-9-15)28(21)17-6-4-16(22)5-7-17/h2-12H,13H2,1H3,(H,25,29). The summed E-state index contributed by atoms with van der Waals surface area (Å²) in [4.78, 5) is 16.4. The highest BCUT2D eigenvalue weighted by atomic mass is 35.5. The van der Waals surface area contributed by atoms with Crippen LogP contribution >= 0.6 is 23.4 Å². The second-order valence-electron chi connectivity index (χ2n) is 6.35.